The smallest absolute Gasteiger partial charge is 0 e. The molecule has 1 radical (unpaired) electrons. The molecule has 6 rings (SSSR count). The Hall–Kier alpha value is -2.28. The monoisotopic (exact) mass is 459 g/mol. The molecule has 0 saturated carbocycles. The van der Waals surface area contributed by atoms with Gasteiger partial charge in [0.1, 0.15) is 0 Å². The molecule has 0 N–H and O–H groups in total. The second-order valence-electron chi connectivity index (χ2n) is 7.17. The van der Waals surface area contributed by atoms with Crippen molar-refractivity contribution in [2.45, 2.75) is 20.3 Å². The molecule has 0 aliphatic heterocycles. The first-order valence-corrected chi connectivity index (χ1v) is 10.3. The van der Waals surface area contributed by atoms with E-state index in [1.165, 1.54) is 43.8 Å². The first-order chi connectivity index (χ1) is 14.4. The molecule has 0 atom stereocenters. The summed E-state index contributed by atoms with van der Waals surface area (Å²) >= 11 is 0. The average molecular weight is 459 g/mol. The minimum absolute atomic E-state index is 0. The van der Waals surface area contributed by atoms with Crippen LogP contribution in [0.4, 0.5) is 0 Å². The number of hydrogen-bond donors (Lipinski definition) is 0. The minimum atomic E-state index is 0. The van der Waals surface area contributed by atoms with Crippen LogP contribution < -0.4 is 0 Å². The van der Waals surface area contributed by atoms with Crippen LogP contribution >= 0.6 is 0 Å². The van der Waals surface area contributed by atoms with Crippen LogP contribution in [-0.2, 0) is 39.1 Å². The quantitative estimate of drug-likeness (QED) is 0.220. The summed E-state index contributed by atoms with van der Waals surface area (Å²) in [5.74, 6) is 0. The van der Waals surface area contributed by atoms with Gasteiger partial charge in [0.25, 0.3) is 0 Å². The van der Waals surface area contributed by atoms with Crippen LogP contribution in [0.15, 0.2) is 84.9 Å². The first kappa shape index (κ1) is 21.0. The second-order valence-corrected chi connectivity index (χ2v) is 7.17. The summed E-state index contributed by atoms with van der Waals surface area (Å²) in [6.07, 6.45) is 0.988. The largest absolute Gasteiger partial charge is 0.201 e. The Morgan fingerprint density at radius 2 is 1.30 bits per heavy atom. The van der Waals surface area contributed by atoms with Crippen molar-refractivity contribution in [3.63, 3.8) is 0 Å². The van der Waals surface area contributed by atoms with Gasteiger partial charge < -0.3 is 0 Å². The van der Waals surface area contributed by atoms with Gasteiger partial charge in [-0.15, -0.1) is 39.4 Å². The van der Waals surface area contributed by atoms with Crippen LogP contribution in [0.3, 0.4) is 0 Å². The fourth-order valence-electron chi connectivity index (χ4n) is 4.46. The summed E-state index contributed by atoms with van der Waals surface area (Å²) in [6, 6.07) is 37.5. The number of rotatable bonds is 1. The fourth-order valence-corrected chi connectivity index (χ4v) is 4.46. The molecule has 0 fully saturated rings. The maximum absolute atomic E-state index is 3.80. The summed E-state index contributed by atoms with van der Waals surface area (Å²) in [7, 11) is 0. The third kappa shape index (κ3) is 3.33. The topological polar surface area (TPSA) is 0 Å². The van der Waals surface area contributed by atoms with E-state index in [-0.39, 0.29) is 32.7 Å². The summed E-state index contributed by atoms with van der Waals surface area (Å²) in [5.41, 5.74) is 7.65. The molecule has 5 aromatic rings. The van der Waals surface area contributed by atoms with Gasteiger partial charge in [0, 0.05) is 32.7 Å². The van der Waals surface area contributed by atoms with Crippen LogP contribution in [0, 0.1) is 12.1 Å². The van der Waals surface area contributed by atoms with Gasteiger partial charge in [0.05, 0.1) is 0 Å². The van der Waals surface area contributed by atoms with Gasteiger partial charge in [0.2, 0.25) is 0 Å². The van der Waals surface area contributed by atoms with E-state index >= 15 is 0 Å². The summed E-state index contributed by atoms with van der Waals surface area (Å²) in [5, 5.41) is 5.06. The zero-order chi connectivity index (χ0) is 19.8. The Bertz CT molecular complexity index is 1340. The molecule has 0 aromatic heterocycles. The molecule has 30 heavy (non-hydrogen) atoms. The summed E-state index contributed by atoms with van der Waals surface area (Å²) in [6.45, 7) is 4.00. The Kier molecular flexibility index (Phi) is 6.18. The Labute approximate surface area is 203 Å². The molecule has 0 amide bonds. The van der Waals surface area contributed by atoms with E-state index in [4.69, 9.17) is 0 Å². The van der Waals surface area contributed by atoms with Gasteiger partial charge in [0.15, 0.2) is 0 Å². The summed E-state index contributed by atoms with van der Waals surface area (Å²) < 4.78 is 0. The molecule has 0 nitrogen and oxygen atoms in total. The van der Waals surface area contributed by atoms with E-state index in [9.17, 15) is 0 Å². The van der Waals surface area contributed by atoms with Crippen molar-refractivity contribution in [3.05, 3.63) is 108 Å². The molecule has 0 heterocycles. The summed E-state index contributed by atoms with van der Waals surface area (Å²) in [4.78, 5) is 0. The first-order valence-electron chi connectivity index (χ1n) is 10.3. The maximum Gasteiger partial charge on any atom is 0 e. The maximum atomic E-state index is 3.80. The van der Waals surface area contributed by atoms with Crippen molar-refractivity contribution >= 4 is 21.5 Å². The second kappa shape index (κ2) is 8.84. The molecule has 143 valence electrons. The van der Waals surface area contributed by atoms with Gasteiger partial charge in [-0.25, -0.2) is 5.56 Å². The number of fused-ring (bicyclic) bond motifs is 6. The zero-order valence-electron chi connectivity index (χ0n) is 17.4. The van der Waals surface area contributed by atoms with E-state index in [0.717, 1.165) is 17.5 Å². The SMILES string of the molecule is CC.[Y].[c-]1ccc2ccccc2c1-c1[c-]c2c(c3ccccc13)Cc1ccccc1-2. The molecule has 1 aliphatic rings. The molecular weight excluding hydrogens is 437 g/mol. The number of benzene rings is 5. The Morgan fingerprint density at radius 1 is 0.633 bits per heavy atom. The molecule has 0 spiro atoms. The van der Waals surface area contributed by atoms with Crippen molar-refractivity contribution in [2.24, 2.45) is 0 Å². The van der Waals surface area contributed by atoms with Gasteiger partial charge in [-0.2, -0.15) is 23.8 Å². The van der Waals surface area contributed by atoms with Crippen molar-refractivity contribution in [2.75, 3.05) is 0 Å². The van der Waals surface area contributed by atoms with E-state index in [0.29, 0.717) is 0 Å². The van der Waals surface area contributed by atoms with Crippen LogP contribution in [0.1, 0.15) is 25.0 Å². The predicted octanol–water partition coefficient (Wildman–Crippen LogP) is 7.86. The fraction of sp³-hybridized carbons (Fsp3) is 0.103. The van der Waals surface area contributed by atoms with E-state index in [2.05, 4.69) is 91.0 Å². The standard InChI is InChI=1S/C27H16.C2H6.Y/c1-3-11-20-18(8-1)10-7-15-22(20)27-17-26-21-12-4-2-9-19(21)16-25(26)23-13-5-6-14-24(23)27;1-2;/h1-14H,16H2;1-2H3;/q-2;;. The molecule has 1 heteroatoms. The van der Waals surface area contributed by atoms with Crippen LogP contribution in [0.2, 0.25) is 0 Å². The van der Waals surface area contributed by atoms with Gasteiger partial charge >= 0.3 is 0 Å². The van der Waals surface area contributed by atoms with Crippen molar-refractivity contribution < 1.29 is 32.7 Å². The van der Waals surface area contributed by atoms with E-state index < -0.39 is 0 Å². The van der Waals surface area contributed by atoms with Crippen molar-refractivity contribution in [1.82, 2.24) is 0 Å². The molecule has 5 aromatic carbocycles. The molecule has 0 saturated heterocycles. The normalized spacial score (nSPS) is 11.3. The molecule has 1 aliphatic carbocycles. The number of hydrogen-bond acceptors (Lipinski definition) is 0. The van der Waals surface area contributed by atoms with Gasteiger partial charge in [-0.1, -0.05) is 97.1 Å². The van der Waals surface area contributed by atoms with Crippen LogP contribution in [-0.4, -0.2) is 0 Å². The average Bonchev–Trinajstić information content (AvgIpc) is 3.18. The van der Waals surface area contributed by atoms with E-state index in [1.54, 1.807) is 0 Å². The van der Waals surface area contributed by atoms with Crippen molar-refractivity contribution in [3.8, 4) is 22.3 Å². The zero-order valence-corrected chi connectivity index (χ0v) is 20.2. The van der Waals surface area contributed by atoms with Gasteiger partial charge in [-0.05, 0) is 6.42 Å². The molecular formula is C29H22Y-2. The molecule has 0 bridgehead atoms. The third-order valence-corrected chi connectivity index (χ3v) is 5.70. The third-order valence-electron chi connectivity index (χ3n) is 5.70. The van der Waals surface area contributed by atoms with Crippen LogP contribution in [0.25, 0.3) is 43.8 Å². The Morgan fingerprint density at radius 3 is 2.13 bits per heavy atom. The van der Waals surface area contributed by atoms with Crippen molar-refractivity contribution in [1.29, 1.82) is 0 Å². The van der Waals surface area contributed by atoms with Gasteiger partial charge in [-0.3, -0.25) is 0 Å². The van der Waals surface area contributed by atoms with E-state index in [1.807, 2.05) is 19.9 Å². The van der Waals surface area contributed by atoms with Crippen LogP contribution in [0.5, 0.6) is 0 Å². The molecule has 0 unspecified atom stereocenters. The minimum Gasteiger partial charge on any atom is -0.201 e. The predicted molar refractivity (Wildman–Crippen MR) is 124 cm³/mol. The Balaban J connectivity index is 0.000000706.